The number of phenolic OH excluding ortho intramolecular Hbond substituents is 1. The van der Waals surface area contributed by atoms with E-state index in [4.69, 9.17) is 34.6 Å². The van der Waals surface area contributed by atoms with Crippen LogP contribution in [0.4, 0.5) is 11.9 Å². The monoisotopic (exact) mass is 1150 g/mol. The van der Waals surface area contributed by atoms with Crippen molar-refractivity contribution >= 4 is 106 Å². The van der Waals surface area contributed by atoms with Crippen molar-refractivity contribution in [3.05, 3.63) is 134 Å². The number of halogens is 3. The second-order valence-electron chi connectivity index (χ2n) is 17.5. The first-order valence-electron chi connectivity index (χ1n) is 23.9. The zero-order valence-corrected chi connectivity index (χ0v) is 43.7. The average molecular weight is 1150 g/mol. The highest BCUT2D eigenvalue weighted by Gasteiger charge is 2.22. The number of pyridine rings is 2. The van der Waals surface area contributed by atoms with Crippen LogP contribution in [0.25, 0.3) is 78.5 Å². The van der Waals surface area contributed by atoms with Crippen LogP contribution in [0.2, 0.25) is 0 Å². The van der Waals surface area contributed by atoms with Gasteiger partial charge in [-0.3, -0.25) is 9.13 Å². The zero-order valence-electron chi connectivity index (χ0n) is 39.0. The number of hydrogen-bond acceptors (Lipinski definition) is 12. The summed E-state index contributed by atoms with van der Waals surface area (Å²) >= 11 is 9.31. The maximum absolute atomic E-state index is 10.0. The predicted octanol–water partition coefficient (Wildman–Crippen LogP) is 14.1. The number of fused-ring (bicyclic) bond motifs is 4. The molecule has 0 aliphatic heterocycles. The number of methoxy groups -OCH3 is 1. The Bertz CT molecular complexity index is 3450. The minimum absolute atomic E-state index is 0. The smallest absolute Gasteiger partial charge is 0.369 e. The molecule has 12 rings (SSSR count). The highest BCUT2D eigenvalue weighted by molar-refractivity contribution is 9.69. The first-order valence-corrected chi connectivity index (χ1v) is 26.6. The number of anilines is 2. The summed E-state index contributed by atoms with van der Waals surface area (Å²) in [4.78, 5) is 38.3. The van der Waals surface area contributed by atoms with Crippen molar-refractivity contribution < 1.29 is 9.84 Å². The molecule has 3 N–H and O–H groups in total. The number of benzene rings is 4. The van der Waals surface area contributed by atoms with Crippen LogP contribution in [-0.4, -0.2) is 76.5 Å². The van der Waals surface area contributed by atoms with Gasteiger partial charge in [0.2, 0.25) is 11.9 Å². The summed E-state index contributed by atoms with van der Waals surface area (Å²) < 4.78 is 9.76. The summed E-state index contributed by atoms with van der Waals surface area (Å²) in [6.45, 7) is 0. The van der Waals surface area contributed by atoms with Gasteiger partial charge in [-0.15, -0.1) is 47.3 Å². The maximum atomic E-state index is 10.0. The van der Waals surface area contributed by atoms with Gasteiger partial charge in [-0.2, -0.15) is 9.97 Å². The molecule has 0 unspecified atom stereocenters. The van der Waals surface area contributed by atoms with Gasteiger partial charge < -0.3 is 20.5 Å². The summed E-state index contributed by atoms with van der Waals surface area (Å²) in [5.74, 6) is 5.08. The lowest BCUT2D eigenvalue weighted by Gasteiger charge is -2.22. The molecule has 0 bridgehead atoms. The third-order valence-corrected chi connectivity index (χ3v) is 12.8. The van der Waals surface area contributed by atoms with Crippen molar-refractivity contribution in [2.75, 3.05) is 17.7 Å². The normalized spacial score (nSPS) is 13.9. The number of para-hydroxylation sites is 2. The second-order valence-corrected chi connectivity index (χ2v) is 24.0. The Labute approximate surface area is 443 Å². The summed E-state index contributed by atoms with van der Waals surface area (Å²) in [5, 5.41) is 19.3. The van der Waals surface area contributed by atoms with Crippen molar-refractivity contribution in [3.8, 4) is 46.2 Å². The third-order valence-electron chi connectivity index (χ3n) is 12.8. The van der Waals surface area contributed by atoms with E-state index in [1.54, 1.807) is 31.6 Å². The first-order chi connectivity index (χ1) is 34.8. The van der Waals surface area contributed by atoms with E-state index in [1.165, 1.54) is 38.5 Å². The minimum atomic E-state index is 0. The molecule has 72 heavy (non-hydrogen) atoms. The van der Waals surface area contributed by atoms with Gasteiger partial charge >= 0.3 is 3.18 Å². The van der Waals surface area contributed by atoms with Crippen LogP contribution >= 0.6 is 47.3 Å². The molecule has 6 aromatic heterocycles. The van der Waals surface area contributed by atoms with Gasteiger partial charge in [0.15, 0.2) is 11.6 Å². The number of ether oxygens (including phenoxy) is 1. The number of phenols is 1. The molecule has 6 heterocycles. The van der Waals surface area contributed by atoms with Gasteiger partial charge in [0, 0.05) is 47.4 Å². The summed E-state index contributed by atoms with van der Waals surface area (Å²) in [6, 6.07) is 40.0. The van der Waals surface area contributed by atoms with Crippen molar-refractivity contribution in [1.82, 2.24) is 49.0 Å². The fourth-order valence-corrected chi connectivity index (χ4v) is 9.39. The third kappa shape index (κ3) is 11.7. The Morgan fingerprint density at radius 2 is 0.986 bits per heavy atom. The van der Waals surface area contributed by atoms with Gasteiger partial charge in [0.25, 0.3) is 0 Å². The van der Waals surface area contributed by atoms with Gasteiger partial charge in [0.05, 0.1) is 40.2 Å². The molecule has 2 aliphatic carbocycles. The van der Waals surface area contributed by atoms with E-state index in [9.17, 15) is 5.11 Å². The lowest BCUT2D eigenvalue weighted by Crippen LogP contribution is -2.23. The average Bonchev–Trinajstić information content (AvgIpc) is 3.98. The van der Waals surface area contributed by atoms with Crippen LogP contribution < -0.4 is 15.4 Å². The molecular formula is C54H54BBr3N12O2. The molecule has 0 saturated heterocycles. The number of rotatable bonds is 9. The molecule has 0 radical (unpaired) electrons. The lowest BCUT2D eigenvalue weighted by atomic mass is 9.96. The Morgan fingerprint density at radius 3 is 1.47 bits per heavy atom. The van der Waals surface area contributed by atoms with E-state index in [1.807, 2.05) is 95.6 Å². The van der Waals surface area contributed by atoms with E-state index < -0.39 is 0 Å². The van der Waals surface area contributed by atoms with Crippen molar-refractivity contribution in [2.24, 2.45) is 0 Å². The molecule has 366 valence electrons. The molecule has 18 heteroatoms. The Morgan fingerprint density at radius 1 is 0.528 bits per heavy atom. The predicted molar refractivity (Wildman–Crippen MR) is 303 cm³/mol. The fourth-order valence-electron chi connectivity index (χ4n) is 9.39. The number of aromatic hydroxyl groups is 1. The molecule has 2 aliphatic rings. The summed E-state index contributed by atoms with van der Waals surface area (Å²) in [5.41, 5.74) is 6.65. The van der Waals surface area contributed by atoms with E-state index in [-0.39, 0.29) is 16.4 Å². The van der Waals surface area contributed by atoms with Gasteiger partial charge in [-0.05, 0) is 86.3 Å². The van der Waals surface area contributed by atoms with Crippen LogP contribution in [0.3, 0.4) is 0 Å². The van der Waals surface area contributed by atoms with E-state index in [0.29, 0.717) is 41.1 Å². The Balaban J connectivity index is 0.000000164. The summed E-state index contributed by atoms with van der Waals surface area (Å²) in [7, 11) is 1.66. The fraction of sp³-hybridized carbons (Fsp3) is 0.259. The number of nitrogens with zero attached hydrogens (tertiary/aromatic N) is 10. The molecular weight excluding hydrogens is 1100 g/mol. The van der Waals surface area contributed by atoms with Crippen LogP contribution in [0.1, 0.15) is 71.6 Å². The van der Waals surface area contributed by atoms with E-state index in [0.717, 1.165) is 92.8 Å². The van der Waals surface area contributed by atoms with Gasteiger partial charge in [-0.1, -0.05) is 94.5 Å². The molecule has 10 aromatic rings. The van der Waals surface area contributed by atoms with Crippen molar-refractivity contribution in [1.29, 1.82) is 0 Å². The molecule has 4 aromatic carbocycles. The van der Waals surface area contributed by atoms with Crippen LogP contribution in [0.5, 0.6) is 11.5 Å². The SMILES string of the molecule is BrB(Br)Br.C.COc1ccc2c(c1)nc(-c1ccc3ccccc3n1)n2-c1ccnc(NC2CCCCC2)n1.Oc1ccc2c(c1)nc(-c1ccc3ccccc3n1)n2-c1ccnc(NC2CCCCC2)n1. The van der Waals surface area contributed by atoms with Crippen LogP contribution in [0.15, 0.2) is 134 Å². The number of aromatic nitrogens is 10. The second kappa shape index (κ2) is 23.4. The van der Waals surface area contributed by atoms with E-state index >= 15 is 0 Å². The number of hydrogen-bond donors (Lipinski definition) is 3. The summed E-state index contributed by atoms with van der Waals surface area (Å²) in [6.07, 6.45) is 15.8. The Hall–Kier alpha value is -6.50. The lowest BCUT2D eigenvalue weighted by molar-refractivity contribution is 0.415. The highest BCUT2D eigenvalue weighted by Crippen LogP contribution is 2.33. The van der Waals surface area contributed by atoms with Crippen LogP contribution in [0, 0.1) is 0 Å². The molecule has 0 amide bonds. The van der Waals surface area contributed by atoms with Gasteiger partial charge in [-0.25, -0.2) is 29.9 Å². The van der Waals surface area contributed by atoms with Gasteiger partial charge in [0.1, 0.15) is 34.5 Å². The largest absolute Gasteiger partial charge is 0.508 e. The Kier molecular flexibility index (Phi) is 16.4. The maximum Gasteiger partial charge on any atom is 0.369 e. The number of imidazole rings is 2. The molecule has 0 atom stereocenters. The van der Waals surface area contributed by atoms with Crippen molar-refractivity contribution in [2.45, 2.75) is 83.7 Å². The minimum Gasteiger partial charge on any atom is -0.508 e. The zero-order chi connectivity index (χ0) is 48.7. The van der Waals surface area contributed by atoms with Crippen molar-refractivity contribution in [3.63, 3.8) is 0 Å². The molecule has 2 saturated carbocycles. The number of nitrogens with one attached hydrogen (secondary N) is 2. The quantitative estimate of drug-likeness (QED) is 0.117. The van der Waals surface area contributed by atoms with E-state index in [2.05, 4.69) is 90.6 Å². The topological polar surface area (TPSA) is 166 Å². The van der Waals surface area contributed by atoms with Crippen LogP contribution in [-0.2, 0) is 0 Å². The molecule has 2 fully saturated rings. The first kappa shape index (κ1) is 50.4. The highest BCUT2D eigenvalue weighted by atomic mass is 79.9. The molecule has 14 nitrogen and oxygen atoms in total. The standard InChI is InChI=1S/C27H26N6O.C26H24N6O.CH4.BBr3/c1-34-20-12-14-24-23(17-20)31-26(22-13-11-18-7-5-6-10-21(18)30-22)33(24)25-15-16-28-27(32-25)29-19-8-3-2-4-9-19;33-19-11-13-23-22(16-19)30-25(21-12-10-17-6-4-5-9-20(17)29-21)32(23)24-14-15-27-26(31-24)28-18-7-2-1-3-8-18;;2-1(3)4/h5-7,10-17,19H,2-4,8-9H2,1H3,(H,28,29,32);4-6,9-16,18,33H,1-3,7-8H2,(H,27,28,31);1H4;. The molecule has 0 spiro atoms.